The molecule has 0 radical (unpaired) electrons. The zero-order chi connectivity index (χ0) is 14.9. The van der Waals surface area contributed by atoms with Crippen molar-refractivity contribution in [3.8, 4) is 0 Å². The van der Waals surface area contributed by atoms with Crippen LogP contribution < -0.4 is 5.32 Å². The molecule has 4 nitrogen and oxygen atoms in total. The lowest BCUT2D eigenvalue weighted by molar-refractivity contribution is -0.133. The van der Waals surface area contributed by atoms with Crippen LogP contribution in [0.2, 0.25) is 0 Å². The van der Waals surface area contributed by atoms with Gasteiger partial charge in [-0.05, 0) is 45.7 Å². The van der Waals surface area contributed by atoms with E-state index >= 15 is 0 Å². The molecule has 116 valence electrons. The number of likely N-dealkylation sites (N-methyl/N-ethyl adjacent to an activating group) is 1. The summed E-state index contributed by atoms with van der Waals surface area (Å²) < 4.78 is 0. The first kappa shape index (κ1) is 15.8. The molecule has 0 aromatic rings. The van der Waals surface area contributed by atoms with Crippen LogP contribution in [0.5, 0.6) is 0 Å². The molecule has 2 aliphatic rings. The Labute approximate surface area is 123 Å². The van der Waals surface area contributed by atoms with Crippen molar-refractivity contribution in [1.82, 2.24) is 15.1 Å². The molecule has 0 spiro atoms. The van der Waals surface area contributed by atoms with Gasteiger partial charge in [0.25, 0.3) is 0 Å². The number of hydrogen-bond donors (Lipinski definition) is 1. The predicted octanol–water partition coefficient (Wildman–Crippen LogP) is 1.91. The second-order valence-electron chi connectivity index (χ2n) is 7.23. The van der Waals surface area contributed by atoms with Crippen molar-refractivity contribution < 1.29 is 4.79 Å². The van der Waals surface area contributed by atoms with E-state index in [9.17, 15) is 4.79 Å². The van der Waals surface area contributed by atoms with Crippen LogP contribution >= 0.6 is 0 Å². The van der Waals surface area contributed by atoms with Crippen molar-refractivity contribution >= 4 is 5.91 Å². The van der Waals surface area contributed by atoms with E-state index in [1.165, 1.54) is 25.7 Å². The molecule has 1 heterocycles. The third-order valence-corrected chi connectivity index (χ3v) is 4.79. The third-order valence-electron chi connectivity index (χ3n) is 4.79. The van der Waals surface area contributed by atoms with E-state index in [0.29, 0.717) is 17.7 Å². The minimum atomic E-state index is 0.00483. The first-order chi connectivity index (χ1) is 9.41. The van der Waals surface area contributed by atoms with E-state index in [-0.39, 0.29) is 18.2 Å². The zero-order valence-electron chi connectivity index (χ0n) is 13.7. The van der Waals surface area contributed by atoms with Crippen molar-refractivity contribution in [2.75, 3.05) is 20.6 Å². The highest BCUT2D eigenvalue weighted by Crippen LogP contribution is 2.34. The van der Waals surface area contributed by atoms with Crippen molar-refractivity contribution in [2.45, 2.75) is 64.7 Å². The Hall–Kier alpha value is -0.610. The van der Waals surface area contributed by atoms with Crippen LogP contribution in [0.3, 0.4) is 0 Å². The average molecular weight is 281 g/mol. The van der Waals surface area contributed by atoms with Gasteiger partial charge in [-0.1, -0.05) is 26.7 Å². The van der Waals surface area contributed by atoms with Crippen molar-refractivity contribution in [2.24, 2.45) is 11.8 Å². The van der Waals surface area contributed by atoms with Gasteiger partial charge in [0.1, 0.15) is 0 Å². The molecule has 3 atom stereocenters. The van der Waals surface area contributed by atoms with Crippen LogP contribution in [0, 0.1) is 11.8 Å². The highest BCUT2D eigenvalue weighted by molar-refractivity contribution is 5.85. The molecule has 4 heteroatoms. The fraction of sp³-hybridized carbons (Fsp3) is 0.938. The Kier molecular flexibility index (Phi) is 5.08. The molecule has 1 saturated heterocycles. The van der Waals surface area contributed by atoms with E-state index in [1.54, 1.807) is 0 Å². The summed E-state index contributed by atoms with van der Waals surface area (Å²) in [6, 6.07) is 0.282. The highest BCUT2D eigenvalue weighted by atomic mass is 16.2. The van der Waals surface area contributed by atoms with Gasteiger partial charge < -0.3 is 9.80 Å². The maximum atomic E-state index is 12.8. The SMILES string of the molecule is CC(C)C1NC(C2CCCC2)N(C(C)CN(C)C)C1=O. The summed E-state index contributed by atoms with van der Waals surface area (Å²) in [5, 5.41) is 3.64. The first-order valence-corrected chi connectivity index (χ1v) is 8.14. The monoisotopic (exact) mass is 281 g/mol. The summed E-state index contributed by atoms with van der Waals surface area (Å²) in [4.78, 5) is 17.1. The molecule has 1 aliphatic carbocycles. The quantitative estimate of drug-likeness (QED) is 0.836. The van der Waals surface area contributed by atoms with Crippen molar-refractivity contribution in [3.05, 3.63) is 0 Å². The normalized spacial score (nSPS) is 29.9. The number of nitrogens with one attached hydrogen (secondary N) is 1. The Bertz CT molecular complexity index is 337. The fourth-order valence-electron chi connectivity index (χ4n) is 3.85. The molecule has 2 fully saturated rings. The van der Waals surface area contributed by atoms with Gasteiger partial charge >= 0.3 is 0 Å². The average Bonchev–Trinajstić information content (AvgIpc) is 2.94. The van der Waals surface area contributed by atoms with Crippen LogP contribution in [0.25, 0.3) is 0 Å². The largest absolute Gasteiger partial charge is 0.322 e. The van der Waals surface area contributed by atoms with Gasteiger partial charge in [0, 0.05) is 12.6 Å². The summed E-state index contributed by atoms with van der Waals surface area (Å²) in [5.74, 6) is 1.32. The van der Waals surface area contributed by atoms with Crippen LogP contribution in [-0.4, -0.2) is 54.6 Å². The summed E-state index contributed by atoms with van der Waals surface area (Å²) in [6.07, 6.45) is 5.42. The summed E-state index contributed by atoms with van der Waals surface area (Å²) in [5.41, 5.74) is 0. The lowest BCUT2D eigenvalue weighted by atomic mass is 10.0. The van der Waals surface area contributed by atoms with E-state index < -0.39 is 0 Å². The van der Waals surface area contributed by atoms with Gasteiger partial charge in [0.05, 0.1) is 12.2 Å². The minimum Gasteiger partial charge on any atom is -0.322 e. The second kappa shape index (κ2) is 6.44. The number of carbonyl (C=O) groups excluding carboxylic acids is 1. The molecule has 20 heavy (non-hydrogen) atoms. The molecule has 0 aromatic heterocycles. The van der Waals surface area contributed by atoms with Gasteiger partial charge in [-0.15, -0.1) is 0 Å². The molecule has 0 aromatic carbocycles. The molecular formula is C16H31N3O. The fourth-order valence-corrected chi connectivity index (χ4v) is 3.85. The van der Waals surface area contributed by atoms with E-state index in [0.717, 1.165) is 6.54 Å². The van der Waals surface area contributed by atoms with E-state index in [1.807, 2.05) is 0 Å². The summed E-state index contributed by atoms with van der Waals surface area (Å²) in [7, 11) is 4.16. The molecule has 1 aliphatic heterocycles. The standard InChI is InChI=1S/C16H31N3O/c1-11(2)14-16(20)19(12(3)10-18(4)5)15(17-14)13-8-6-7-9-13/h11-15,17H,6-10H2,1-5H3. The van der Waals surface area contributed by atoms with E-state index in [2.05, 4.69) is 50.0 Å². The number of nitrogens with zero attached hydrogens (tertiary/aromatic N) is 2. The number of carbonyl (C=O) groups is 1. The van der Waals surface area contributed by atoms with Gasteiger partial charge in [0.15, 0.2) is 0 Å². The van der Waals surface area contributed by atoms with Crippen LogP contribution in [0.4, 0.5) is 0 Å². The number of hydrogen-bond acceptors (Lipinski definition) is 3. The molecular weight excluding hydrogens is 250 g/mol. The smallest absolute Gasteiger partial charge is 0.241 e. The lowest BCUT2D eigenvalue weighted by Crippen LogP contribution is -2.50. The molecule has 1 saturated carbocycles. The van der Waals surface area contributed by atoms with Crippen molar-refractivity contribution in [1.29, 1.82) is 0 Å². The Morgan fingerprint density at radius 2 is 1.85 bits per heavy atom. The van der Waals surface area contributed by atoms with Gasteiger partial charge in [-0.2, -0.15) is 0 Å². The maximum absolute atomic E-state index is 12.8. The Balaban J connectivity index is 2.15. The summed E-state index contributed by atoms with van der Waals surface area (Å²) >= 11 is 0. The highest BCUT2D eigenvalue weighted by Gasteiger charge is 2.45. The van der Waals surface area contributed by atoms with Crippen LogP contribution in [0.15, 0.2) is 0 Å². The Morgan fingerprint density at radius 1 is 1.25 bits per heavy atom. The molecule has 3 unspecified atom stereocenters. The third kappa shape index (κ3) is 3.17. The van der Waals surface area contributed by atoms with Gasteiger partial charge in [-0.3, -0.25) is 10.1 Å². The van der Waals surface area contributed by atoms with Gasteiger partial charge in [0.2, 0.25) is 5.91 Å². The van der Waals surface area contributed by atoms with E-state index in [4.69, 9.17) is 0 Å². The van der Waals surface area contributed by atoms with Crippen molar-refractivity contribution in [3.63, 3.8) is 0 Å². The summed E-state index contributed by atoms with van der Waals surface area (Å²) in [6.45, 7) is 7.40. The Morgan fingerprint density at radius 3 is 2.35 bits per heavy atom. The van der Waals surface area contributed by atoms with Crippen LogP contribution in [0.1, 0.15) is 46.5 Å². The zero-order valence-corrected chi connectivity index (χ0v) is 13.7. The molecule has 2 rings (SSSR count). The number of amides is 1. The lowest BCUT2D eigenvalue weighted by Gasteiger charge is -2.35. The second-order valence-corrected chi connectivity index (χ2v) is 7.23. The topological polar surface area (TPSA) is 35.6 Å². The molecule has 0 bridgehead atoms. The number of rotatable bonds is 5. The molecule has 1 amide bonds. The maximum Gasteiger partial charge on any atom is 0.241 e. The minimum absolute atomic E-state index is 0.00483. The first-order valence-electron chi connectivity index (χ1n) is 8.14. The molecule has 1 N–H and O–H groups in total. The van der Waals surface area contributed by atoms with Gasteiger partial charge in [-0.25, -0.2) is 0 Å². The van der Waals surface area contributed by atoms with Crippen LogP contribution in [-0.2, 0) is 4.79 Å². The predicted molar refractivity (Wildman–Crippen MR) is 82.4 cm³/mol.